The summed E-state index contributed by atoms with van der Waals surface area (Å²) in [5, 5.41) is 7.35. The molecule has 0 saturated heterocycles. The van der Waals surface area contributed by atoms with E-state index < -0.39 is 38.1 Å². The molecule has 0 bridgehead atoms. The third-order valence-electron chi connectivity index (χ3n) is 1.77. The molecule has 0 aliphatic heterocycles. The van der Waals surface area contributed by atoms with Crippen LogP contribution >= 0.6 is 10.7 Å². The molecule has 1 N–H and O–H groups in total. The lowest BCUT2D eigenvalue weighted by molar-refractivity contribution is -0.132. The van der Waals surface area contributed by atoms with Crippen molar-refractivity contribution < 1.29 is 22.7 Å². The lowest BCUT2D eigenvalue weighted by atomic mass is 10.0. The van der Waals surface area contributed by atoms with Gasteiger partial charge in [0.2, 0.25) is 9.05 Å². The fraction of sp³-hybridized carbons (Fsp3) is 0.286. The number of carboxylic acids is 1. The molecule has 0 amide bonds. The number of halogens is 2. The second kappa shape index (κ2) is 3.70. The van der Waals surface area contributed by atoms with E-state index in [4.69, 9.17) is 15.8 Å². The predicted octanol–water partition coefficient (Wildman–Crippen LogP) is 1.19. The van der Waals surface area contributed by atoms with Crippen molar-refractivity contribution in [1.82, 2.24) is 0 Å². The normalized spacial score (nSPS) is 22.6. The number of rotatable bonds is 2. The summed E-state index contributed by atoms with van der Waals surface area (Å²) >= 11 is 0. The van der Waals surface area contributed by atoms with Crippen molar-refractivity contribution in [2.45, 2.75) is 11.7 Å². The minimum atomic E-state index is -3.89. The lowest BCUT2D eigenvalue weighted by Crippen LogP contribution is -2.20. The molecule has 7 heteroatoms. The number of allylic oxidation sites excluding steroid dienone is 2. The molecule has 0 fully saturated rings. The Balaban J connectivity index is 3.02. The molecule has 4 nitrogen and oxygen atoms in total. The largest absolute Gasteiger partial charge is 0.478 e. The highest BCUT2D eigenvalue weighted by Gasteiger charge is 2.29. The minimum Gasteiger partial charge on any atom is -0.478 e. The summed E-state index contributed by atoms with van der Waals surface area (Å²) in [5.41, 5.74) is -0.568. The number of carbonyl (C=O) groups is 1. The summed E-state index contributed by atoms with van der Waals surface area (Å²) in [6.07, 6.45) is 1.39. The highest BCUT2D eigenvalue weighted by Crippen LogP contribution is 2.26. The van der Waals surface area contributed by atoms with Crippen LogP contribution < -0.4 is 0 Å². The van der Waals surface area contributed by atoms with Crippen LogP contribution in [0.15, 0.2) is 23.6 Å². The van der Waals surface area contributed by atoms with E-state index in [9.17, 15) is 17.6 Å². The molecule has 0 spiro atoms. The molecule has 0 aromatic rings. The molecule has 1 atom stereocenters. The second-order valence-corrected chi connectivity index (χ2v) is 5.56. The van der Waals surface area contributed by atoms with Gasteiger partial charge < -0.3 is 5.11 Å². The Bertz CT molecular complexity index is 423. The van der Waals surface area contributed by atoms with Crippen molar-refractivity contribution in [2.24, 2.45) is 0 Å². The highest BCUT2D eigenvalue weighted by atomic mass is 35.7. The van der Waals surface area contributed by atoms with Gasteiger partial charge in [-0.25, -0.2) is 17.6 Å². The zero-order valence-electron chi connectivity index (χ0n) is 6.78. The van der Waals surface area contributed by atoms with Crippen LogP contribution in [0.5, 0.6) is 0 Å². The first-order valence-electron chi connectivity index (χ1n) is 3.56. The van der Waals surface area contributed by atoms with Gasteiger partial charge in [0.25, 0.3) is 0 Å². The molecule has 14 heavy (non-hydrogen) atoms. The minimum absolute atomic E-state index is 0.441. The molecule has 1 aliphatic rings. The van der Waals surface area contributed by atoms with Gasteiger partial charge in [-0.3, -0.25) is 0 Å². The van der Waals surface area contributed by atoms with Crippen LogP contribution in [-0.2, 0) is 13.8 Å². The smallest absolute Gasteiger partial charge is 0.334 e. The fourth-order valence-corrected chi connectivity index (χ4v) is 2.04. The second-order valence-electron chi connectivity index (χ2n) is 2.71. The first-order valence-corrected chi connectivity index (χ1v) is 5.93. The van der Waals surface area contributed by atoms with Gasteiger partial charge in [0.15, 0.2) is 0 Å². The van der Waals surface area contributed by atoms with Gasteiger partial charge in [-0.1, -0.05) is 6.08 Å². The molecule has 0 saturated carbocycles. The first-order chi connectivity index (χ1) is 6.32. The van der Waals surface area contributed by atoms with Gasteiger partial charge in [-0.2, -0.15) is 0 Å². The molecule has 0 aromatic heterocycles. The van der Waals surface area contributed by atoms with E-state index in [0.717, 1.165) is 12.2 Å². The zero-order valence-corrected chi connectivity index (χ0v) is 8.35. The summed E-state index contributed by atoms with van der Waals surface area (Å²) in [7, 11) is 1.12. The Morgan fingerprint density at radius 2 is 2.21 bits per heavy atom. The Morgan fingerprint density at radius 3 is 2.64 bits per heavy atom. The summed E-state index contributed by atoms with van der Waals surface area (Å²) in [4.78, 5) is 10.5. The van der Waals surface area contributed by atoms with E-state index in [1.807, 2.05) is 0 Å². The van der Waals surface area contributed by atoms with Crippen molar-refractivity contribution >= 4 is 25.7 Å². The Morgan fingerprint density at radius 1 is 1.64 bits per heavy atom. The number of hydrogen-bond donors (Lipinski definition) is 1. The van der Waals surface area contributed by atoms with E-state index in [1.54, 1.807) is 0 Å². The van der Waals surface area contributed by atoms with Gasteiger partial charge in [-0.05, 0) is 6.08 Å². The molecule has 0 aromatic carbocycles. The van der Waals surface area contributed by atoms with E-state index in [1.165, 1.54) is 0 Å². The molecule has 1 rings (SSSR count). The van der Waals surface area contributed by atoms with Crippen molar-refractivity contribution in [3.8, 4) is 0 Å². The molecule has 0 heterocycles. The van der Waals surface area contributed by atoms with E-state index in [0.29, 0.717) is 0 Å². The molecular formula is C7H6ClFO4S. The monoisotopic (exact) mass is 240 g/mol. The van der Waals surface area contributed by atoms with Gasteiger partial charge in [0, 0.05) is 17.1 Å². The van der Waals surface area contributed by atoms with Crippen molar-refractivity contribution in [3.05, 3.63) is 23.6 Å². The molecule has 78 valence electrons. The highest BCUT2D eigenvalue weighted by molar-refractivity contribution is 8.14. The maximum Gasteiger partial charge on any atom is 0.334 e. The van der Waals surface area contributed by atoms with E-state index in [-0.39, 0.29) is 0 Å². The number of aliphatic carboxylic acids is 1. The Labute approximate surface area is 84.1 Å². The summed E-state index contributed by atoms with van der Waals surface area (Å²) < 4.78 is 34.5. The van der Waals surface area contributed by atoms with Crippen LogP contribution in [0.2, 0.25) is 0 Å². The van der Waals surface area contributed by atoms with Gasteiger partial charge in [-0.15, -0.1) is 0 Å². The Hall–Kier alpha value is -0.880. The van der Waals surface area contributed by atoms with Crippen LogP contribution in [0.3, 0.4) is 0 Å². The third-order valence-corrected chi connectivity index (χ3v) is 3.50. The molecule has 0 radical (unpaired) electrons. The molecule has 1 unspecified atom stereocenters. The maximum atomic E-state index is 12.8. The third kappa shape index (κ3) is 2.33. The van der Waals surface area contributed by atoms with Crippen LogP contribution in [0.25, 0.3) is 0 Å². The summed E-state index contributed by atoms with van der Waals surface area (Å²) in [5.74, 6) is -2.41. The van der Waals surface area contributed by atoms with Crippen molar-refractivity contribution in [1.29, 1.82) is 0 Å². The van der Waals surface area contributed by atoms with Crippen LogP contribution in [0.4, 0.5) is 4.39 Å². The predicted molar refractivity (Wildman–Crippen MR) is 48.1 cm³/mol. The van der Waals surface area contributed by atoms with Crippen LogP contribution in [0, 0.1) is 0 Å². The fourth-order valence-electron chi connectivity index (χ4n) is 1.04. The van der Waals surface area contributed by atoms with Crippen LogP contribution in [0.1, 0.15) is 6.42 Å². The van der Waals surface area contributed by atoms with Gasteiger partial charge in [0.05, 0.1) is 10.8 Å². The summed E-state index contributed by atoms with van der Waals surface area (Å²) in [6.45, 7) is 0. The number of carboxylic acid groups (broad SMARTS) is 1. The topological polar surface area (TPSA) is 71.4 Å². The molecular weight excluding hydrogens is 235 g/mol. The SMILES string of the molecule is O=C(O)C1=C(F)C=CC(S(=O)(=O)Cl)C1. The first kappa shape index (κ1) is 11.2. The summed E-state index contributed by atoms with van der Waals surface area (Å²) in [6, 6.07) is 0. The van der Waals surface area contributed by atoms with E-state index in [2.05, 4.69) is 0 Å². The average molecular weight is 241 g/mol. The lowest BCUT2D eigenvalue weighted by Gasteiger charge is -2.13. The zero-order chi connectivity index (χ0) is 10.9. The van der Waals surface area contributed by atoms with Gasteiger partial charge in [0.1, 0.15) is 5.83 Å². The van der Waals surface area contributed by atoms with Crippen molar-refractivity contribution in [3.63, 3.8) is 0 Å². The Kier molecular flexibility index (Phi) is 2.96. The number of hydrogen-bond acceptors (Lipinski definition) is 3. The van der Waals surface area contributed by atoms with E-state index >= 15 is 0 Å². The molecule has 1 aliphatic carbocycles. The average Bonchev–Trinajstić information content (AvgIpc) is 2.02. The van der Waals surface area contributed by atoms with Crippen LogP contribution in [-0.4, -0.2) is 24.7 Å². The van der Waals surface area contributed by atoms with Crippen molar-refractivity contribution in [2.75, 3.05) is 0 Å². The standard InChI is InChI=1S/C7H6ClFO4S/c8-14(12,13)4-1-2-6(9)5(3-4)7(10)11/h1-2,4H,3H2,(H,10,11). The van der Waals surface area contributed by atoms with Gasteiger partial charge >= 0.3 is 5.97 Å². The quantitative estimate of drug-likeness (QED) is 0.736. The maximum absolute atomic E-state index is 12.8.